The third-order valence-corrected chi connectivity index (χ3v) is 4.15. The Morgan fingerprint density at radius 3 is 2.56 bits per heavy atom. The number of carbonyl (C=O) groups is 1. The molecule has 4 unspecified atom stereocenters. The maximum Gasteiger partial charge on any atom is 0.150 e. The second-order valence-corrected chi connectivity index (χ2v) is 5.07. The van der Waals surface area contributed by atoms with E-state index in [1.807, 2.05) is 12.1 Å². The molecule has 0 aromatic heterocycles. The lowest BCUT2D eigenvalue weighted by molar-refractivity contribution is 0.112. The third-order valence-electron chi connectivity index (χ3n) is 4.15. The summed E-state index contributed by atoms with van der Waals surface area (Å²) in [7, 11) is 0. The molecule has 1 aromatic carbocycles. The van der Waals surface area contributed by atoms with Crippen LogP contribution in [0.25, 0.3) is 0 Å². The summed E-state index contributed by atoms with van der Waals surface area (Å²) in [6, 6.07) is 9.67. The molecule has 0 bridgehead atoms. The van der Waals surface area contributed by atoms with Gasteiger partial charge in [0.05, 0.1) is 0 Å². The highest BCUT2D eigenvalue weighted by molar-refractivity contribution is 5.74. The summed E-state index contributed by atoms with van der Waals surface area (Å²) >= 11 is 0. The molecule has 0 amide bonds. The van der Waals surface area contributed by atoms with Crippen molar-refractivity contribution in [2.45, 2.75) is 37.8 Å². The number of fused-ring (bicyclic) bond motifs is 1. The maximum absolute atomic E-state index is 10.6. The maximum atomic E-state index is 10.6. The molecule has 2 heterocycles. The number of rotatable bonds is 3. The summed E-state index contributed by atoms with van der Waals surface area (Å²) in [5.74, 6) is 0.591. The average molecular weight is 215 g/mol. The highest BCUT2D eigenvalue weighted by Crippen LogP contribution is 2.41. The third kappa shape index (κ3) is 1.57. The van der Waals surface area contributed by atoms with Crippen LogP contribution in [0.15, 0.2) is 24.3 Å². The van der Waals surface area contributed by atoms with Gasteiger partial charge < -0.3 is 0 Å². The Balaban J connectivity index is 1.77. The number of aldehydes is 1. The first kappa shape index (κ1) is 10.0. The molecular formula is C14H17NO. The van der Waals surface area contributed by atoms with E-state index in [1.54, 1.807) is 0 Å². The van der Waals surface area contributed by atoms with Gasteiger partial charge in [-0.2, -0.15) is 0 Å². The first-order valence-electron chi connectivity index (χ1n) is 6.10. The van der Waals surface area contributed by atoms with Crippen LogP contribution in [0.4, 0.5) is 0 Å². The summed E-state index contributed by atoms with van der Waals surface area (Å²) in [4.78, 5) is 13.2. The first-order chi connectivity index (χ1) is 7.79. The fourth-order valence-corrected chi connectivity index (χ4v) is 3.03. The van der Waals surface area contributed by atoms with Crippen LogP contribution in [0, 0.1) is 0 Å². The van der Waals surface area contributed by atoms with Gasteiger partial charge in [0.15, 0.2) is 0 Å². The van der Waals surface area contributed by atoms with Crippen LogP contribution in [0.5, 0.6) is 0 Å². The lowest BCUT2D eigenvalue weighted by atomic mass is 9.91. The molecule has 2 aliphatic rings. The molecule has 0 aliphatic carbocycles. The Bertz CT molecular complexity index is 398. The summed E-state index contributed by atoms with van der Waals surface area (Å²) in [5, 5.41) is 0. The minimum atomic E-state index is 0.591. The summed E-state index contributed by atoms with van der Waals surface area (Å²) in [6.45, 7) is 3.61. The van der Waals surface area contributed by atoms with E-state index in [4.69, 9.17) is 0 Å². The Morgan fingerprint density at radius 1 is 1.31 bits per heavy atom. The smallest absolute Gasteiger partial charge is 0.150 e. The van der Waals surface area contributed by atoms with E-state index in [0.29, 0.717) is 5.92 Å². The van der Waals surface area contributed by atoms with Crippen molar-refractivity contribution in [2.75, 3.05) is 6.54 Å². The minimum absolute atomic E-state index is 0.591. The molecule has 4 atom stereocenters. The van der Waals surface area contributed by atoms with E-state index in [2.05, 4.69) is 24.0 Å². The van der Waals surface area contributed by atoms with E-state index in [-0.39, 0.29) is 0 Å². The second-order valence-electron chi connectivity index (χ2n) is 5.07. The van der Waals surface area contributed by atoms with Gasteiger partial charge in [-0.3, -0.25) is 9.69 Å². The van der Waals surface area contributed by atoms with Gasteiger partial charge in [0, 0.05) is 24.2 Å². The van der Waals surface area contributed by atoms with Crippen LogP contribution in [0.1, 0.15) is 41.6 Å². The van der Waals surface area contributed by atoms with Gasteiger partial charge in [0.25, 0.3) is 0 Å². The van der Waals surface area contributed by atoms with Crippen molar-refractivity contribution < 1.29 is 4.79 Å². The molecule has 2 fully saturated rings. The van der Waals surface area contributed by atoms with Gasteiger partial charge in [0.2, 0.25) is 0 Å². The van der Waals surface area contributed by atoms with Gasteiger partial charge in [-0.15, -0.1) is 0 Å². The number of carbonyl (C=O) groups excluding carboxylic acids is 1. The minimum Gasteiger partial charge on any atom is -0.298 e. The molecular weight excluding hydrogens is 198 g/mol. The Kier molecular flexibility index (Phi) is 2.32. The van der Waals surface area contributed by atoms with Gasteiger partial charge in [-0.05, 0) is 24.3 Å². The van der Waals surface area contributed by atoms with Crippen LogP contribution >= 0.6 is 0 Å². The van der Waals surface area contributed by atoms with E-state index in [0.717, 1.165) is 23.9 Å². The molecule has 0 N–H and O–H groups in total. The molecule has 0 saturated carbocycles. The molecule has 3 rings (SSSR count). The number of hydrogen-bond donors (Lipinski definition) is 0. The van der Waals surface area contributed by atoms with Crippen molar-refractivity contribution in [1.29, 1.82) is 0 Å². The monoisotopic (exact) mass is 215 g/mol. The Labute approximate surface area is 96.3 Å². The van der Waals surface area contributed by atoms with E-state index >= 15 is 0 Å². The predicted molar refractivity (Wildman–Crippen MR) is 63.8 cm³/mol. The van der Waals surface area contributed by atoms with E-state index < -0.39 is 0 Å². The lowest BCUT2D eigenvalue weighted by Gasteiger charge is -2.22. The predicted octanol–water partition coefficient (Wildman–Crippen LogP) is 2.45. The Morgan fingerprint density at radius 2 is 2.06 bits per heavy atom. The average Bonchev–Trinajstić information content (AvgIpc) is 3.00. The van der Waals surface area contributed by atoms with Crippen molar-refractivity contribution in [3.63, 3.8) is 0 Å². The number of piperidine rings is 1. The molecule has 2 heteroatoms. The van der Waals surface area contributed by atoms with E-state index in [1.165, 1.54) is 24.9 Å². The summed E-state index contributed by atoms with van der Waals surface area (Å²) < 4.78 is 0. The van der Waals surface area contributed by atoms with Crippen molar-refractivity contribution in [2.24, 2.45) is 0 Å². The standard InChI is InChI=1S/C14H17NO/c1-10(14-7-6-13-8-15(13)14)12-4-2-11(9-16)3-5-12/h2-5,9-10,13-14H,6-8H2,1H3. The van der Waals surface area contributed by atoms with Crippen molar-refractivity contribution >= 4 is 6.29 Å². The Hall–Kier alpha value is -1.15. The van der Waals surface area contributed by atoms with Gasteiger partial charge in [-0.1, -0.05) is 31.2 Å². The molecule has 1 aromatic rings. The van der Waals surface area contributed by atoms with Crippen molar-refractivity contribution in [1.82, 2.24) is 4.90 Å². The molecule has 2 nitrogen and oxygen atoms in total. The lowest BCUT2D eigenvalue weighted by Crippen LogP contribution is -2.22. The van der Waals surface area contributed by atoms with Crippen LogP contribution in [-0.2, 0) is 0 Å². The zero-order valence-corrected chi connectivity index (χ0v) is 9.60. The first-order valence-corrected chi connectivity index (χ1v) is 6.10. The van der Waals surface area contributed by atoms with Crippen molar-refractivity contribution in [3.8, 4) is 0 Å². The fraction of sp³-hybridized carbons (Fsp3) is 0.500. The topological polar surface area (TPSA) is 20.1 Å². The van der Waals surface area contributed by atoms with Crippen LogP contribution in [0.3, 0.4) is 0 Å². The number of nitrogens with zero attached hydrogens (tertiary/aromatic N) is 1. The largest absolute Gasteiger partial charge is 0.298 e. The summed E-state index contributed by atoms with van der Waals surface area (Å²) in [5.41, 5.74) is 2.13. The zero-order valence-electron chi connectivity index (χ0n) is 9.60. The van der Waals surface area contributed by atoms with Gasteiger partial charge in [0.1, 0.15) is 6.29 Å². The summed E-state index contributed by atoms with van der Waals surface area (Å²) in [6.07, 6.45) is 3.62. The highest BCUT2D eigenvalue weighted by Gasteiger charge is 2.47. The van der Waals surface area contributed by atoms with Crippen LogP contribution < -0.4 is 0 Å². The second kappa shape index (κ2) is 3.70. The van der Waals surface area contributed by atoms with Gasteiger partial charge >= 0.3 is 0 Å². The van der Waals surface area contributed by atoms with Crippen LogP contribution in [0.2, 0.25) is 0 Å². The normalized spacial score (nSPS) is 33.2. The molecule has 84 valence electrons. The SMILES string of the molecule is CC(c1ccc(C=O)cc1)C1CCC2CN21. The zero-order chi connectivity index (χ0) is 11.1. The fourth-order valence-electron chi connectivity index (χ4n) is 3.03. The molecule has 0 spiro atoms. The number of hydrogen-bond acceptors (Lipinski definition) is 2. The van der Waals surface area contributed by atoms with Crippen molar-refractivity contribution in [3.05, 3.63) is 35.4 Å². The highest BCUT2D eigenvalue weighted by atomic mass is 16.1. The molecule has 16 heavy (non-hydrogen) atoms. The molecule has 2 aliphatic heterocycles. The number of benzene rings is 1. The van der Waals surface area contributed by atoms with Gasteiger partial charge in [-0.25, -0.2) is 0 Å². The quantitative estimate of drug-likeness (QED) is 0.570. The van der Waals surface area contributed by atoms with E-state index in [9.17, 15) is 4.79 Å². The molecule has 0 radical (unpaired) electrons. The van der Waals surface area contributed by atoms with Crippen LogP contribution in [-0.4, -0.2) is 29.8 Å². The molecule has 2 saturated heterocycles.